The molecule has 0 bridgehead atoms. The first-order chi connectivity index (χ1) is 6.87. The van der Waals surface area contributed by atoms with E-state index in [0.717, 1.165) is 0 Å². The topological polar surface area (TPSA) is 52.3 Å². The minimum atomic E-state index is -0.551. The van der Waals surface area contributed by atoms with Crippen LogP contribution in [0, 0.1) is 0 Å². The molecule has 0 aliphatic carbocycles. The molecule has 0 saturated carbocycles. The number of ether oxygens (including phenoxy) is 1. The molecule has 15 heavy (non-hydrogen) atoms. The second-order valence-electron chi connectivity index (χ2n) is 4.01. The van der Waals surface area contributed by atoms with Gasteiger partial charge in [0.05, 0.1) is 0 Å². The van der Waals surface area contributed by atoms with Crippen molar-refractivity contribution in [3.8, 4) is 0 Å². The molecule has 0 aliphatic rings. The van der Waals surface area contributed by atoms with Gasteiger partial charge in [0, 0.05) is 10.5 Å². The van der Waals surface area contributed by atoms with Crippen molar-refractivity contribution < 1.29 is 9.53 Å². The first-order valence-electron chi connectivity index (χ1n) is 4.70. The maximum atomic E-state index is 11.2. The minimum absolute atomic E-state index is 0.176. The van der Waals surface area contributed by atoms with Gasteiger partial charge in [0.1, 0.15) is 12.6 Å². The zero-order chi connectivity index (χ0) is 11.9. The van der Waals surface area contributed by atoms with E-state index in [1.807, 2.05) is 0 Å². The zero-order valence-corrected chi connectivity index (χ0v) is 11.1. The molecule has 0 radical (unpaired) electrons. The van der Waals surface area contributed by atoms with Gasteiger partial charge in [-0.05, 0) is 0 Å². The predicted octanol–water partition coefficient (Wildman–Crippen LogP) is 2.22. The maximum Gasteiger partial charge on any atom is 0.324 e. The van der Waals surface area contributed by atoms with Gasteiger partial charge in [-0.15, -0.1) is 0 Å². The lowest BCUT2D eigenvalue weighted by Gasteiger charge is -2.17. The molecule has 88 valence electrons. The monoisotopic (exact) mass is 249 g/mol. The Labute approximate surface area is 99.6 Å². The SMILES string of the molecule is C=CCOC(=O)[C@@H](N)CSSC(C)(C)C. The van der Waals surface area contributed by atoms with E-state index in [4.69, 9.17) is 10.5 Å². The molecule has 0 unspecified atom stereocenters. The molecular formula is C10H19NO2S2. The Hall–Kier alpha value is -0.130. The third-order valence-corrected chi connectivity index (χ3v) is 4.58. The van der Waals surface area contributed by atoms with E-state index in [0.29, 0.717) is 5.75 Å². The summed E-state index contributed by atoms with van der Waals surface area (Å²) >= 11 is 0. The summed E-state index contributed by atoms with van der Waals surface area (Å²) in [5.74, 6) is 0.203. The molecule has 5 heteroatoms. The summed E-state index contributed by atoms with van der Waals surface area (Å²) in [6, 6.07) is -0.551. The summed E-state index contributed by atoms with van der Waals surface area (Å²) in [6.45, 7) is 10.0. The second-order valence-corrected chi connectivity index (χ2v) is 7.17. The minimum Gasteiger partial charge on any atom is -0.460 e. The van der Waals surface area contributed by atoms with Gasteiger partial charge in [-0.25, -0.2) is 0 Å². The Morgan fingerprint density at radius 3 is 2.67 bits per heavy atom. The Balaban J connectivity index is 3.68. The zero-order valence-electron chi connectivity index (χ0n) is 9.49. The molecular weight excluding hydrogens is 230 g/mol. The molecule has 0 heterocycles. The quantitative estimate of drug-likeness (QED) is 0.444. The smallest absolute Gasteiger partial charge is 0.324 e. The molecule has 2 N–H and O–H groups in total. The molecule has 0 aromatic carbocycles. The summed E-state index contributed by atoms with van der Waals surface area (Å²) in [5, 5.41) is 0. The molecule has 0 aromatic heterocycles. The number of hydrogen-bond acceptors (Lipinski definition) is 5. The average molecular weight is 249 g/mol. The van der Waals surface area contributed by atoms with Gasteiger partial charge < -0.3 is 10.5 Å². The first-order valence-corrected chi connectivity index (χ1v) is 7.02. The van der Waals surface area contributed by atoms with E-state index < -0.39 is 6.04 Å². The van der Waals surface area contributed by atoms with Crippen LogP contribution < -0.4 is 5.73 Å². The van der Waals surface area contributed by atoms with Crippen LogP contribution in [-0.2, 0) is 9.53 Å². The second kappa shape index (κ2) is 7.19. The predicted molar refractivity (Wildman–Crippen MR) is 68.9 cm³/mol. The standard InChI is InChI=1S/C10H19NO2S2/c1-5-6-13-9(12)8(11)7-14-15-10(2,3)4/h5,8H,1,6-7,11H2,2-4H3/t8-/m0/s1. The van der Waals surface area contributed by atoms with Crippen LogP contribution in [-0.4, -0.2) is 29.1 Å². The lowest BCUT2D eigenvalue weighted by Crippen LogP contribution is -2.34. The molecule has 3 nitrogen and oxygen atoms in total. The van der Waals surface area contributed by atoms with Crippen molar-refractivity contribution in [1.29, 1.82) is 0 Å². The highest BCUT2D eigenvalue weighted by Crippen LogP contribution is 2.35. The Morgan fingerprint density at radius 1 is 1.60 bits per heavy atom. The van der Waals surface area contributed by atoms with Crippen molar-refractivity contribution >= 4 is 27.6 Å². The highest BCUT2D eigenvalue weighted by molar-refractivity contribution is 8.77. The van der Waals surface area contributed by atoms with Crippen LogP contribution in [0.15, 0.2) is 12.7 Å². The highest BCUT2D eigenvalue weighted by atomic mass is 33.1. The Morgan fingerprint density at radius 2 is 2.20 bits per heavy atom. The number of hydrogen-bond donors (Lipinski definition) is 1. The van der Waals surface area contributed by atoms with Crippen molar-refractivity contribution in [2.45, 2.75) is 31.6 Å². The van der Waals surface area contributed by atoms with Gasteiger partial charge in [0.15, 0.2) is 0 Å². The van der Waals surface area contributed by atoms with Crippen LogP contribution in [0.1, 0.15) is 20.8 Å². The third-order valence-electron chi connectivity index (χ3n) is 1.20. The summed E-state index contributed by atoms with van der Waals surface area (Å²) in [5.41, 5.74) is 5.64. The van der Waals surface area contributed by atoms with Crippen LogP contribution in [0.3, 0.4) is 0 Å². The molecule has 0 spiro atoms. The highest BCUT2D eigenvalue weighted by Gasteiger charge is 2.17. The van der Waals surface area contributed by atoms with E-state index in [2.05, 4.69) is 27.4 Å². The van der Waals surface area contributed by atoms with E-state index in [1.165, 1.54) is 6.08 Å². The molecule has 0 amide bonds. The fourth-order valence-corrected chi connectivity index (χ4v) is 3.01. The van der Waals surface area contributed by atoms with E-state index >= 15 is 0 Å². The summed E-state index contributed by atoms with van der Waals surface area (Å²) < 4.78 is 5.01. The lowest BCUT2D eigenvalue weighted by molar-refractivity contribution is -0.143. The van der Waals surface area contributed by atoms with Crippen LogP contribution in [0.4, 0.5) is 0 Å². The fraction of sp³-hybridized carbons (Fsp3) is 0.700. The molecule has 0 aliphatic heterocycles. The molecule has 0 aromatic rings. The van der Waals surface area contributed by atoms with Crippen molar-refractivity contribution in [3.63, 3.8) is 0 Å². The number of nitrogens with two attached hydrogens (primary N) is 1. The van der Waals surface area contributed by atoms with Crippen molar-refractivity contribution in [1.82, 2.24) is 0 Å². The van der Waals surface area contributed by atoms with Crippen molar-refractivity contribution in [3.05, 3.63) is 12.7 Å². The van der Waals surface area contributed by atoms with Gasteiger partial charge >= 0.3 is 5.97 Å². The van der Waals surface area contributed by atoms with Crippen LogP contribution >= 0.6 is 21.6 Å². The normalized spacial score (nSPS) is 13.3. The summed E-state index contributed by atoms with van der Waals surface area (Å²) in [4.78, 5) is 11.2. The van der Waals surface area contributed by atoms with Crippen molar-refractivity contribution in [2.75, 3.05) is 12.4 Å². The van der Waals surface area contributed by atoms with Gasteiger partial charge in [-0.1, -0.05) is 55.0 Å². The van der Waals surface area contributed by atoms with E-state index in [-0.39, 0.29) is 17.3 Å². The number of carbonyl (C=O) groups is 1. The first kappa shape index (κ1) is 14.9. The number of rotatable bonds is 6. The Kier molecular flexibility index (Phi) is 7.13. The maximum absolute atomic E-state index is 11.2. The van der Waals surface area contributed by atoms with Gasteiger partial charge in [0.2, 0.25) is 0 Å². The molecule has 1 atom stereocenters. The van der Waals surface area contributed by atoms with Crippen LogP contribution in [0.25, 0.3) is 0 Å². The summed E-state index contributed by atoms with van der Waals surface area (Å²) in [6.07, 6.45) is 1.53. The van der Waals surface area contributed by atoms with Gasteiger partial charge in [0.25, 0.3) is 0 Å². The largest absolute Gasteiger partial charge is 0.460 e. The molecule has 0 saturated heterocycles. The van der Waals surface area contributed by atoms with E-state index in [9.17, 15) is 4.79 Å². The van der Waals surface area contributed by atoms with Crippen LogP contribution in [0.2, 0.25) is 0 Å². The Bertz CT molecular complexity index is 214. The van der Waals surface area contributed by atoms with Gasteiger partial charge in [-0.2, -0.15) is 0 Å². The van der Waals surface area contributed by atoms with E-state index in [1.54, 1.807) is 21.6 Å². The van der Waals surface area contributed by atoms with Crippen molar-refractivity contribution in [2.24, 2.45) is 5.73 Å². The average Bonchev–Trinajstić information content (AvgIpc) is 2.11. The number of esters is 1. The number of carbonyl (C=O) groups excluding carboxylic acids is 1. The lowest BCUT2D eigenvalue weighted by atomic mass is 10.3. The van der Waals surface area contributed by atoms with Crippen LogP contribution in [0.5, 0.6) is 0 Å². The third kappa shape index (κ3) is 8.84. The molecule has 0 fully saturated rings. The molecule has 0 rings (SSSR count). The fourth-order valence-electron chi connectivity index (χ4n) is 0.600. The van der Waals surface area contributed by atoms with Gasteiger partial charge in [-0.3, -0.25) is 4.79 Å². The summed E-state index contributed by atoms with van der Waals surface area (Å²) in [7, 11) is 3.31.